The van der Waals surface area contributed by atoms with Crippen LogP contribution in [0.4, 0.5) is 0 Å². The number of fused-ring (bicyclic) bond motifs is 2. The molecule has 1 N–H and O–H groups in total. The number of hydrogen-bond donors (Lipinski definition) is 1. The van der Waals surface area contributed by atoms with Gasteiger partial charge in [-0.05, 0) is 18.8 Å². The van der Waals surface area contributed by atoms with E-state index in [0.29, 0.717) is 5.92 Å². The van der Waals surface area contributed by atoms with Crippen molar-refractivity contribution in [3.63, 3.8) is 0 Å². The standard InChI is InChI=1S/C10H15NO2/c1-2-10-4-3-8(5-10)6-11(10)7-9(12)13/h3-4,8H,2,5-7H2,1H3,(H,12,13). The van der Waals surface area contributed by atoms with Crippen LogP contribution in [0.3, 0.4) is 0 Å². The highest BCUT2D eigenvalue weighted by molar-refractivity contribution is 5.69. The summed E-state index contributed by atoms with van der Waals surface area (Å²) in [6.45, 7) is 3.25. The Kier molecular flexibility index (Phi) is 1.91. The van der Waals surface area contributed by atoms with Crippen LogP contribution in [-0.2, 0) is 4.79 Å². The molecule has 1 fully saturated rings. The number of hydrogen-bond acceptors (Lipinski definition) is 2. The van der Waals surface area contributed by atoms with Crippen LogP contribution in [0, 0.1) is 5.92 Å². The number of aliphatic carboxylic acids is 1. The summed E-state index contributed by atoms with van der Waals surface area (Å²) >= 11 is 0. The molecular formula is C10H15NO2. The summed E-state index contributed by atoms with van der Waals surface area (Å²) in [7, 11) is 0. The molecule has 0 aromatic heterocycles. The maximum absolute atomic E-state index is 10.6. The Morgan fingerprint density at radius 2 is 2.54 bits per heavy atom. The fourth-order valence-electron chi connectivity index (χ4n) is 2.60. The van der Waals surface area contributed by atoms with E-state index in [-0.39, 0.29) is 12.1 Å². The average molecular weight is 181 g/mol. The first kappa shape index (κ1) is 8.75. The van der Waals surface area contributed by atoms with E-state index in [1.165, 1.54) is 0 Å². The second kappa shape index (κ2) is 2.84. The van der Waals surface area contributed by atoms with Crippen LogP contribution in [0.15, 0.2) is 12.2 Å². The van der Waals surface area contributed by atoms with Gasteiger partial charge in [0.25, 0.3) is 0 Å². The molecule has 2 aliphatic rings. The van der Waals surface area contributed by atoms with E-state index in [1.54, 1.807) is 0 Å². The molecule has 1 heterocycles. The summed E-state index contributed by atoms with van der Waals surface area (Å²) in [5.74, 6) is -0.118. The van der Waals surface area contributed by atoms with Crippen molar-refractivity contribution in [2.75, 3.05) is 13.1 Å². The molecule has 72 valence electrons. The Bertz CT molecular complexity index is 262. The first-order valence-electron chi connectivity index (χ1n) is 4.82. The molecule has 2 rings (SSSR count). The van der Waals surface area contributed by atoms with Crippen molar-refractivity contribution in [3.05, 3.63) is 12.2 Å². The van der Waals surface area contributed by atoms with Gasteiger partial charge in [0, 0.05) is 12.1 Å². The van der Waals surface area contributed by atoms with Crippen LogP contribution < -0.4 is 0 Å². The topological polar surface area (TPSA) is 40.5 Å². The van der Waals surface area contributed by atoms with Crippen LogP contribution in [-0.4, -0.2) is 34.6 Å². The maximum Gasteiger partial charge on any atom is 0.317 e. The molecule has 0 aromatic carbocycles. The number of carboxylic acids is 1. The summed E-state index contributed by atoms with van der Waals surface area (Å²) in [6, 6.07) is 0. The van der Waals surface area contributed by atoms with Crippen molar-refractivity contribution < 1.29 is 9.90 Å². The Labute approximate surface area is 78.0 Å². The van der Waals surface area contributed by atoms with E-state index in [2.05, 4.69) is 24.0 Å². The highest BCUT2D eigenvalue weighted by Crippen LogP contribution is 2.42. The zero-order valence-electron chi connectivity index (χ0n) is 7.86. The first-order chi connectivity index (χ1) is 6.16. The van der Waals surface area contributed by atoms with Crippen LogP contribution in [0.1, 0.15) is 19.8 Å². The molecule has 1 aliphatic heterocycles. The second-order valence-electron chi connectivity index (χ2n) is 4.05. The van der Waals surface area contributed by atoms with Crippen molar-refractivity contribution in [2.24, 2.45) is 5.92 Å². The minimum absolute atomic E-state index is 0.0725. The van der Waals surface area contributed by atoms with E-state index in [1.807, 2.05) is 0 Å². The predicted molar refractivity (Wildman–Crippen MR) is 49.5 cm³/mol. The second-order valence-corrected chi connectivity index (χ2v) is 4.05. The zero-order valence-corrected chi connectivity index (χ0v) is 7.86. The van der Waals surface area contributed by atoms with Crippen molar-refractivity contribution in [1.82, 2.24) is 4.90 Å². The van der Waals surface area contributed by atoms with E-state index < -0.39 is 5.97 Å². The van der Waals surface area contributed by atoms with Crippen LogP contribution in [0.2, 0.25) is 0 Å². The normalized spacial score (nSPS) is 37.2. The molecular weight excluding hydrogens is 166 g/mol. The molecule has 0 radical (unpaired) electrons. The van der Waals surface area contributed by atoms with Gasteiger partial charge < -0.3 is 5.11 Å². The minimum atomic E-state index is -0.714. The fraction of sp³-hybridized carbons (Fsp3) is 0.700. The van der Waals surface area contributed by atoms with Gasteiger partial charge in [-0.25, -0.2) is 0 Å². The Morgan fingerprint density at radius 3 is 3.08 bits per heavy atom. The van der Waals surface area contributed by atoms with Gasteiger partial charge in [0.2, 0.25) is 0 Å². The van der Waals surface area contributed by atoms with E-state index in [9.17, 15) is 4.79 Å². The first-order valence-corrected chi connectivity index (χ1v) is 4.82. The van der Waals surface area contributed by atoms with Gasteiger partial charge >= 0.3 is 5.97 Å². The van der Waals surface area contributed by atoms with Crippen LogP contribution in [0.5, 0.6) is 0 Å². The molecule has 13 heavy (non-hydrogen) atoms. The lowest BCUT2D eigenvalue weighted by molar-refractivity contribution is -0.139. The Balaban J connectivity index is 2.14. The molecule has 0 amide bonds. The van der Waals surface area contributed by atoms with Crippen molar-refractivity contribution in [2.45, 2.75) is 25.3 Å². The minimum Gasteiger partial charge on any atom is -0.480 e. The largest absolute Gasteiger partial charge is 0.480 e. The van der Waals surface area contributed by atoms with Crippen molar-refractivity contribution >= 4 is 5.97 Å². The number of nitrogens with zero attached hydrogens (tertiary/aromatic N) is 1. The fourth-order valence-corrected chi connectivity index (χ4v) is 2.60. The lowest BCUT2D eigenvalue weighted by Crippen LogP contribution is -2.44. The van der Waals surface area contributed by atoms with Gasteiger partial charge in [-0.15, -0.1) is 0 Å². The van der Waals surface area contributed by atoms with E-state index >= 15 is 0 Å². The number of rotatable bonds is 3. The van der Waals surface area contributed by atoms with Crippen molar-refractivity contribution in [3.8, 4) is 0 Å². The molecule has 3 heteroatoms. The van der Waals surface area contributed by atoms with Gasteiger partial charge in [0.05, 0.1) is 6.54 Å². The summed E-state index contributed by atoms with van der Waals surface area (Å²) in [6.07, 6.45) is 6.58. The summed E-state index contributed by atoms with van der Waals surface area (Å²) in [5, 5.41) is 8.75. The molecule has 1 aliphatic carbocycles. The number of carbonyl (C=O) groups is 1. The van der Waals surface area contributed by atoms with Crippen LogP contribution in [0.25, 0.3) is 0 Å². The van der Waals surface area contributed by atoms with Gasteiger partial charge in [0.1, 0.15) is 0 Å². The third-order valence-corrected chi connectivity index (χ3v) is 3.32. The molecule has 1 saturated heterocycles. The Hall–Kier alpha value is -0.830. The third kappa shape index (κ3) is 1.27. The lowest BCUT2D eigenvalue weighted by atomic mass is 9.96. The molecule has 0 aromatic rings. The average Bonchev–Trinajstić information content (AvgIpc) is 2.60. The SMILES string of the molecule is CCC12C=CC(CN1CC(=O)O)C2. The summed E-state index contributed by atoms with van der Waals surface area (Å²) in [4.78, 5) is 12.7. The summed E-state index contributed by atoms with van der Waals surface area (Å²) < 4.78 is 0. The maximum atomic E-state index is 10.6. The monoisotopic (exact) mass is 181 g/mol. The number of carboxylic acid groups (broad SMARTS) is 1. The third-order valence-electron chi connectivity index (χ3n) is 3.32. The van der Waals surface area contributed by atoms with Crippen LogP contribution >= 0.6 is 0 Å². The van der Waals surface area contributed by atoms with Crippen molar-refractivity contribution in [1.29, 1.82) is 0 Å². The predicted octanol–water partition coefficient (Wildman–Crippen LogP) is 1.11. The highest BCUT2D eigenvalue weighted by atomic mass is 16.4. The van der Waals surface area contributed by atoms with Gasteiger partial charge in [-0.3, -0.25) is 9.69 Å². The molecule has 3 nitrogen and oxygen atoms in total. The van der Waals surface area contributed by atoms with Gasteiger partial charge in [0.15, 0.2) is 0 Å². The van der Waals surface area contributed by atoms with E-state index in [0.717, 1.165) is 19.4 Å². The molecule has 2 unspecified atom stereocenters. The Morgan fingerprint density at radius 1 is 1.77 bits per heavy atom. The molecule has 2 atom stereocenters. The number of likely N-dealkylation sites (tertiary alicyclic amines) is 1. The molecule has 0 spiro atoms. The van der Waals surface area contributed by atoms with Gasteiger partial charge in [-0.2, -0.15) is 0 Å². The van der Waals surface area contributed by atoms with Gasteiger partial charge in [-0.1, -0.05) is 19.1 Å². The zero-order chi connectivity index (χ0) is 9.47. The lowest BCUT2D eigenvalue weighted by Gasteiger charge is -2.34. The highest BCUT2D eigenvalue weighted by Gasteiger charge is 2.45. The summed E-state index contributed by atoms with van der Waals surface area (Å²) in [5.41, 5.74) is 0.0725. The smallest absolute Gasteiger partial charge is 0.317 e. The molecule has 2 bridgehead atoms. The molecule has 0 saturated carbocycles. The van der Waals surface area contributed by atoms with E-state index in [4.69, 9.17) is 5.11 Å². The quantitative estimate of drug-likeness (QED) is 0.663.